The van der Waals surface area contributed by atoms with Gasteiger partial charge in [-0.15, -0.1) is 0 Å². The quantitative estimate of drug-likeness (QED) is 0.897. The molecule has 6 nitrogen and oxygen atoms in total. The predicted octanol–water partition coefficient (Wildman–Crippen LogP) is 1.55. The molecule has 1 N–H and O–H groups in total. The van der Waals surface area contributed by atoms with Crippen LogP contribution in [0.1, 0.15) is 23.3 Å². The first-order chi connectivity index (χ1) is 9.56. The van der Waals surface area contributed by atoms with Crippen molar-refractivity contribution in [1.29, 1.82) is 0 Å². The lowest BCUT2D eigenvalue weighted by molar-refractivity contribution is -0.145. The van der Waals surface area contributed by atoms with Gasteiger partial charge in [-0.3, -0.25) is 4.79 Å². The number of nitrogens with zero attached hydrogens (tertiary/aromatic N) is 2. The Kier molecular flexibility index (Phi) is 5.08. The molecule has 1 amide bonds. The Morgan fingerprint density at radius 2 is 2.10 bits per heavy atom. The number of likely N-dealkylation sites (tertiary alicyclic amines) is 1. The van der Waals surface area contributed by atoms with E-state index in [1.54, 1.807) is 23.2 Å². The number of carboxylic acid groups (broad SMARTS) is 1. The van der Waals surface area contributed by atoms with E-state index in [2.05, 4.69) is 20.9 Å². The first-order valence-corrected chi connectivity index (χ1v) is 7.10. The van der Waals surface area contributed by atoms with Gasteiger partial charge in [0.1, 0.15) is 12.3 Å². The number of aliphatic carboxylic acids is 1. The van der Waals surface area contributed by atoms with Crippen LogP contribution in [-0.2, 0) is 9.53 Å². The Morgan fingerprint density at radius 1 is 1.40 bits per heavy atom. The van der Waals surface area contributed by atoms with Crippen molar-refractivity contribution >= 4 is 27.8 Å². The van der Waals surface area contributed by atoms with Gasteiger partial charge in [0.25, 0.3) is 5.91 Å². The van der Waals surface area contributed by atoms with Gasteiger partial charge in [0, 0.05) is 23.8 Å². The second-order valence-electron chi connectivity index (χ2n) is 4.56. The van der Waals surface area contributed by atoms with Crippen molar-refractivity contribution in [3.8, 4) is 0 Å². The Hall–Kier alpha value is -1.47. The number of ether oxygens (including phenoxy) is 1. The largest absolute Gasteiger partial charge is 0.480 e. The molecule has 0 aliphatic carbocycles. The predicted molar refractivity (Wildman–Crippen MR) is 74.5 cm³/mol. The fourth-order valence-electron chi connectivity index (χ4n) is 2.08. The molecular formula is C13H15BrN2O4. The van der Waals surface area contributed by atoms with Crippen LogP contribution in [0, 0.1) is 0 Å². The van der Waals surface area contributed by atoms with Gasteiger partial charge in [0.15, 0.2) is 0 Å². The molecule has 1 fully saturated rings. The van der Waals surface area contributed by atoms with Crippen molar-refractivity contribution in [2.24, 2.45) is 0 Å². The van der Waals surface area contributed by atoms with E-state index in [1.807, 2.05) is 0 Å². The number of pyridine rings is 1. The average molecular weight is 343 g/mol. The summed E-state index contributed by atoms with van der Waals surface area (Å²) >= 11 is 3.28. The van der Waals surface area contributed by atoms with Gasteiger partial charge < -0.3 is 14.7 Å². The van der Waals surface area contributed by atoms with Crippen molar-refractivity contribution in [3.63, 3.8) is 0 Å². The molecule has 1 aliphatic heterocycles. The van der Waals surface area contributed by atoms with E-state index in [0.29, 0.717) is 31.6 Å². The topological polar surface area (TPSA) is 79.7 Å². The van der Waals surface area contributed by atoms with Gasteiger partial charge in [-0.2, -0.15) is 0 Å². The summed E-state index contributed by atoms with van der Waals surface area (Å²) < 4.78 is 6.06. The van der Waals surface area contributed by atoms with Crippen molar-refractivity contribution < 1.29 is 19.4 Å². The van der Waals surface area contributed by atoms with Crippen LogP contribution < -0.4 is 0 Å². The smallest absolute Gasteiger partial charge is 0.329 e. The molecule has 0 saturated carbocycles. The van der Waals surface area contributed by atoms with Crippen LogP contribution in [0.2, 0.25) is 0 Å². The standard InChI is InChI=1S/C13H15BrN2O4/c14-9-1-2-11(15-7-9)13(19)16-5-3-10(4-6-16)20-8-12(17)18/h1-2,7,10H,3-6,8H2,(H,17,18). The third-order valence-electron chi connectivity index (χ3n) is 3.12. The molecule has 1 aromatic heterocycles. The molecule has 0 radical (unpaired) electrons. The molecule has 7 heteroatoms. The van der Waals surface area contributed by atoms with Crippen molar-refractivity contribution in [3.05, 3.63) is 28.5 Å². The first-order valence-electron chi connectivity index (χ1n) is 6.30. The maximum atomic E-state index is 12.2. The van der Waals surface area contributed by atoms with E-state index in [0.717, 1.165) is 4.47 Å². The van der Waals surface area contributed by atoms with Crippen LogP contribution in [0.3, 0.4) is 0 Å². The minimum absolute atomic E-state index is 0.0898. The second-order valence-corrected chi connectivity index (χ2v) is 5.47. The Labute approximate surface area is 124 Å². The number of piperidine rings is 1. The van der Waals surface area contributed by atoms with Crippen LogP contribution in [0.4, 0.5) is 0 Å². The Morgan fingerprint density at radius 3 is 2.65 bits per heavy atom. The fraction of sp³-hybridized carbons (Fsp3) is 0.462. The fourth-order valence-corrected chi connectivity index (χ4v) is 2.31. The number of amides is 1. The average Bonchev–Trinajstić information content (AvgIpc) is 2.46. The van der Waals surface area contributed by atoms with E-state index >= 15 is 0 Å². The number of aromatic nitrogens is 1. The molecule has 2 rings (SSSR count). The number of halogens is 1. The normalized spacial score (nSPS) is 16.1. The van der Waals surface area contributed by atoms with Gasteiger partial charge >= 0.3 is 5.97 Å². The summed E-state index contributed by atoms with van der Waals surface area (Å²) in [6, 6.07) is 3.46. The van der Waals surface area contributed by atoms with Crippen LogP contribution in [0.25, 0.3) is 0 Å². The maximum Gasteiger partial charge on any atom is 0.329 e. The third-order valence-corrected chi connectivity index (χ3v) is 3.59. The van der Waals surface area contributed by atoms with Crippen LogP contribution in [0.15, 0.2) is 22.8 Å². The third kappa shape index (κ3) is 4.01. The minimum atomic E-state index is -0.970. The highest BCUT2D eigenvalue weighted by molar-refractivity contribution is 9.10. The minimum Gasteiger partial charge on any atom is -0.480 e. The SMILES string of the molecule is O=C(O)COC1CCN(C(=O)c2ccc(Br)cn2)CC1. The highest BCUT2D eigenvalue weighted by Crippen LogP contribution is 2.16. The number of hydrogen-bond acceptors (Lipinski definition) is 4. The molecule has 0 bridgehead atoms. The number of carbonyl (C=O) groups excluding carboxylic acids is 1. The monoisotopic (exact) mass is 342 g/mol. The van der Waals surface area contributed by atoms with Crippen molar-refractivity contribution in [2.75, 3.05) is 19.7 Å². The van der Waals surface area contributed by atoms with Crippen LogP contribution in [0.5, 0.6) is 0 Å². The van der Waals surface area contributed by atoms with Gasteiger partial charge in [-0.05, 0) is 40.9 Å². The van der Waals surface area contributed by atoms with Crippen molar-refractivity contribution in [2.45, 2.75) is 18.9 Å². The Bertz CT molecular complexity index is 484. The zero-order valence-electron chi connectivity index (χ0n) is 10.8. The molecule has 0 aromatic carbocycles. The molecule has 108 valence electrons. The van der Waals surface area contributed by atoms with Gasteiger partial charge in [-0.25, -0.2) is 9.78 Å². The highest BCUT2D eigenvalue weighted by atomic mass is 79.9. The van der Waals surface area contributed by atoms with Gasteiger partial charge in [0.05, 0.1) is 6.10 Å². The molecule has 20 heavy (non-hydrogen) atoms. The molecule has 0 unspecified atom stereocenters. The summed E-state index contributed by atoms with van der Waals surface area (Å²) in [5.41, 5.74) is 0.415. The molecule has 0 atom stereocenters. The van der Waals surface area contributed by atoms with Gasteiger partial charge in [0.2, 0.25) is 0 Å². The van der Waals surface area contributed by atoms with Crippen LogP contribution in [-0.4, -0.2) is 52.7 Å². The zero-order valence-corrected chi connectivity index (χ0v) is 12.4. The van der Waals surface area contributed by atoms with E-state index in [-0.39, 0.29) is 18.6 Å². The number of carbonyl (C=O) groups is 2. The molecule has 1 aromatic rings. The number of hydrogen-bond donors (Lipinski definition) is 1. The molecule has 0 spiro atoms. The molecule has 2 heterocycles. The van der Waals surface area contributed by atoms with Crippen molar-refractivity contribution in [1.82, 2.24) is 9.88 Å². The summed E-state index contributed by atoms with van der Waals surface area (Å²) in [7, 11) is 0. The van der Waals surface area contributed by atoms with E-state index in [9.17, 15) is 9.59 Å². The van der Waals surface area contributed by atoms with Gasteiger partial charge in [-0.1, -0.05) is 0 Å². The molecule has 1 aliphatic rings. The van der Waals surface area contributed by atoms with Crippen LogP contribution >= 0.6 is 15.9 Å². The highest BCUT2D eigenvalue weighted by Gasteiger charge is 2.25. The number of carboxylic acids is 1. The first kappa shape index (κ1) is 14.9. The Balaban J connectivity index is 1.85. The molecular weight excluding hydrogens is 328 g/mol. The molecule has 1 saturated heterocycles. The number of rotatable bonds is 4. The summed E-state index contributed by atoms with van der Waals surface area (Å²) in [6.45, 7) is 0.828. The van der Waals surface area contributed by atoms with E-state index < -0.39 is 5.97 Å². The van der Waals surface area contributed by atoms with E-state index in [4.69, 9.17) is 9.84 Å². The lowest BCUT2D eigenvalue weighted by atomic mass is 10.1. The second kappa shape index (κ2) is 6.81. The summed E-state index contributed by atoms with van der Waals surface area (Å²) in [6.07, 6.45) is 2.80. The maximum absolute atomic E-state index is 12.2. The zero-order chi connectivity index (χ0) is 14.5. The summed E-state index contributed by atoms with van der Waals surface area (Å²) in [5, 5.41) is 8.55. The summed E-state index contributed by atoms with van der Waals surface area (Å²) in [5.74, 6) is -1.07. The van der Waals surface area contributed by atoms with E-state index in [1.165, 1.54) is 0 Å². The summed E-state index contributed by atoms with van der Waals surface area (Å²) in [4.78, 5) is 28.4. The lowest BCUT2D eigenvalue weighted by Crippen LogP contribution is -2.41. The lowest BCUT2D eigenvalue weighted by Gasteiger charge is -2.31.